The number of rotatable bonds is 1. The highest BCUT2D eigenvalue weighted by Crippen LogP contribution is 2.30. The minimum atomic E-state index is 0.611. The Labute approximate surface area is 51.5 Å². The Morgan fingerprint density at radius 2 is 1.88 bits per heavy atom. The van der Waals surface area contributed by atoms with E-state index in [-0.39, 0.29) is 0 Å². The Hall–Kier alpha value is -0.0400. The fourth-order valence-corrected chi connectivity index (χ4v) is 0.928. The van der Waals surface area contributed by atoms with Crippen LogP contribution in [0, 0.1) is 11.3 Å². The first kappa shape index (κ1) is 6.09. The predicted octanol–water partition coefficient (Wildman–Crippen LogP) is 1.25. The molecule has 1 nitrogen and oxygen atoms in total. The molecule has 0 aromatic carbocycles. The van der Waals surface area contributed by atoms with Crippen molar-refractivity contribution in [2.75, 3.05) is 13.1 Å². The van der Waals surface area contributed by atoms with Crippen LogP contribution in [0.25, 0.3) is 0 Å². The van der Waals surface area contributed by atoms with Gasteiger partial charge < -0.3 is 5.32 Å². The van der Waals surface area contributed by atoms with Gasteiger partial charge in [-0.15, -0.1) is 0 Å². The lowest BCUT2D eigenvalue weighted by atomic mass is 9.74. The third-order valence-corrected chi connectivity index (χ3v) is 2.45. The zero-order valence-electron chi connectivity index (χ0n) is 5.99. The molecule has 0 atom stereocenters. The van der Waals surface area contributed by atoms with E-state index in [0.717, 1.165) is 5.92 Å². The summed E-state index contributed by atoms with van der Waals surface area (Å²) in [7, 11) is 0. The van der Waals surface area contributed by atoms with E-state index in [0.29, 0.717) is 5.41 Å². The molecule has 1 heteroatoms. The molecule has 0 aromatic rings. The lowest BCUT2D eigenvalue weighted by Gasteiger charge is -2.43. The second kappa shape index (κ2) is 1.73. The predicted molar refractivity (Wildman–Crippen MR) is 35.8 cm³/mol. The number of hydrogen-bond acceptors (Lipinski definition) is 1. The van der Waals surface area contributed by atoms with E-state index in [1.54, 1.807) is 0 Å². The topological polar surface area (TPSA) is 12.0 Å². The fraction of sp³-hybridized carbons (Fsp3) is 1.00. The van der Waals surface area contributed by atoms with Crippen molar-refractivity contribution in [1.29, 1.82) is 0 Å². The maximum atomic E-state index is 3.28. The van der Waals surface area contributed by atoms with Crippen molar-refractivity contribution in [1.82, 2.24) is 5.32 Å². The first-order valence-electron chi connectivity index (χ1n) is 3.36. The van der Waals surface area contributed by atoms with E-state index in [9.17, 15) is 0 Å². The maximum Gasteiger partial charge on any atom is 0.00200 e. The summed E-state index contributed by atoms with van der Waals surface area (Å²) in [5.74, 6) is 0.837. The van der Waals surface area contributed by atoms with E-state index in [4.69, 9.17) is 0 Å². The summed E-state index contributed by atoms with van der Waals surface area (Å²) in [4.78, 5) is 0. The Balaban J connectivity index is 2.41. The van der Waals surface area contributed by atoms with Crippen molar-refractivity contribution < 1.29 is 0 Å². The highest BCUT2D eigenvalue weighted by Gasteiger charge is 2.34. The molecule has 1 N–H and O–H groups in total. The van der Waals surface area contributed by atoms with Gasteiger partial charge in [0.15, 0.2) is 0 Å². The largest absolute Gasteiger partial charge is 0.316 e. The van der Waals surface area contributed by atoms with Gasteiger partial charge >= 0.3 is 0 Å². The molecule has 48 valence electrons. The monoisotopic (exact) mass is 113 g/mol. The molecular formula is C7H15N. The van der Waals surface area contributed by atoms with E-state index in [1.807, 2.05) is 0 Å². The minimum absolute atomic E-state index is 0.611. The molecule has 0 aromatic heterocycles. The summed E-state index contributed by atoms with van der Waals surface area (Å²) in [6.07, 6.45) is 0. The first-order chi connectivity index (χ1) is 3.65. The second-order valence-electron chi connectivity index (χ2n) is 3.41. The molecular weight excluding hydrogens is 98.1 g/mol. The molecule has 0 unspecified atom stereocenters. The van der Waals surface area contributed by atoms with Crippen molar-refractivity contribution in [2.24, 2.45) is 11.3 Å². The molecule has 0 aliphatic carbocycles. The SMILES string of the molecule is CC(C)C1(C)CNC1. The minimum Gasteiger partial charge on any atom is -0.316 e. The van der Waals surface area contributed by atoms with Crippen LogP contribution in [0.5, 0.6) is 0 Å². The van der Waals surface area contributed by atoms with Crippen LogP contribution in [0.4, 0.5) is 0 Å². The number of nitrogens with one attached hydrogen (secondary N) is 1. The van der Waals surface area contributed by atoms with E-state index < -0.39 is 0 Å². The molecule has 1 aliphatic heterocycles. The standard InChI is InChI=1S/C7H15N/c1-6(2)7(3)4-8-5-7/h6,8H,4-5H2,1-3H3. The van der Waals surface area contributed by atoms with Gasteiger partial charge in [0.1, 0.15) is 0 Å². The Kier molecular flexibility index (Phi) is 1.31. The first-order valence-corrected chi connectivity index (χ1v) is 3.36. The third kappa shape index (κ3) is 0.752. The van der Waals surface area contributed by atoms with Gasteiger partial charge in [-0.25, -0.2) is 0 Å². The molecule has 0 spiro atoms. The van der Waals surface area contributed by atoms with Gasteiger partial charge in [-0.05, 0) is 11.3 Å². The van der Waals surface area contributed by atoms with Gasteiger partial charge in [-0.1, -0.05) is 20.8 Å². The van der Waals surface area contributed by atoms with E-state index >= 15 is 0 Å². The summed E-state index contributed by atoms with van der Waals surface area (Å²) in [5, 5.41) is 3.28. The van der Waals surface area contributed by atoms with Gasteiger partial charge in [0, 0.05) is 13.1 Å². The van der Waals surface area contributed by atoms with Crippen LogP contribution in [-0.4, -0.2) is 13.1 Å². The van der Waals surface area contributed by atoms with Gasteiger partial charge in [0.25, 0.3) is 0 Å². The summed E-state index contributed by atoms with van der Waals surface area (Å²) in [6.45, 7) is 9.35. The molecule has 0 saturated carbocycles. The molecule has 0 bridgehead atoms. The van der Waals surface area contributed by atoms with Crippen LogP contribution in [0.3, 0.4) is 0 Å². The Morgan fingerprint density at radius 3 is 1.88 bits per heavy atom. The van der Waals surface area contributed by atoms with Crippen LogP contribution in [-0.2, 0) is 0 Å². The van der Waals surface area contributed by atoms with Crippen molar-refractivity contribution in [3.63, 3.8) is 0 Å². The summed E-state index contributed by atoms with van der Waals surface area (Å²) >= 11 is 0. The normalized spacial score (nSPS) is 25.5. The van der Waals surface area contributed by atoms with Gasteiger partial charge in [0.05, 0.1) is 0 Å². The molecule has 1 heterocycles. The smallest absolute Gasteiger partial charge is 0.00200 e. The van der Waals surface area contributed by atoms with Crippen molar-refractivity contribution in [3.8, 4) is 0 Å². The zero-order valence-corrected chi connectivity index (χ0v) is 5.99. The van der Waals surface area contributed by atoms with Gasteiger partial charge in [-0.3, -0.25) is 0 Å². The summed E-state index contributed by atoms with van der Waals surface area (Å²) in [6, 6.07) is 0. The average molecular weight is 113 g/mol. The lowest BCUT2D eigenvalue weighted by Crippen LogP contribution is -2.54. The van der Waals surface area contributed by atoms with Crippen molar-refractivity contribution in [3.05, 3.63) is 0 Å². The Morgan fingerprint density at radius 1 is 1.38 bits per heavy atom. The molecule has 1 fully saturated rings. The molecule has 1 aliphatic rings. The average Bonchev–Trinajstić information content (AvgIpc) is 1.60. The van der Waals surface area contributed by atoms with Crippen molar-refractivity contribution >= 4 is 0 Å². The molecule has 1 rings (SSSR count). The summed E-state index contributed by atoms with van der Waals surface area (Å²) in [5.41, 5.74) is 0.611. The van der Waals surface area contributed by atoms with Crippen LogP contribution in [0.1, 0.15) is 20.8 Å². The fourth-order valence-electron chi connectivity index (χ4n) is 0.928. The van der Waals surface area contributed by atoms with Crippen molar-refractivity contribution in [2.45, 2.75) is 20.8 Å². The lowest BCUT2D eigenvalue weighted by molar-refractivity contribution is 0.125. The molecule has 0 amide bonds. The number of hydrogen-bond donors (Lipinski definition) is 1. The summed E-state index contributed by atoms with van der Waals surface area (Å²) < 4.78 is 0. The van der Waals surface area contributed by atoms with Crippen LogP contribution < -0.4 is 5.32 Å². The molecule has 8 heavy (non-hydrogen) atoms. The molecule has 1 saturated heterocycles. The van der Waals surface area contributed by atoms with Crippen LogP contribution in [0.2, 0.25) is 0 Å². The van der Waals surface area contributed by atoms with Crippen LogP contribution in [0.15, 0.2) is 0 Å². The van der Waals surface area contributed by atoms with E-state index in [1.165, 1.54) is 13.1 Å². The third-order valence-electron chi connectivity index (χ3n) is 2.45. The van der Waals surface area contributed by atoms with Crippen LogP contribution >= 0.6 is 0 Å². The van der Waals surface area contributed by atoms with E-state index in [2.05, 4.69) is 26.1 Å². The van der Waals surface area contributed by atoms with Gasteiger partial charge in [0.2, 0.25) is 0 Å². The highest BCUT2D eigenvalue weighted by molar-refractivity contribution is 4.90. The second-order valence-corrected chi connectivity index (χ2v) is 3.41. The molecule has 0 radical (unpaired) electrons. The Bertz CT molecular complexity index is 82.4. The maximum absolute atomic E-state index is 3.28. The zero-order chi connectivity index (χ0) is 6.20. The highest BCUT2D eigenvalue weighted by atomic mass is 15.0. The quantitative estimate of drug-likeness (QED) is 0.539. The van der Waals surface area contributed by atoms with Gasteiger partial charge in [-0.2, -0.15) is 0 Å².